The first kappa shape index (κ1) is 29.8. The van der Waals surface area contributed by atoms with Gasteiger partial charge in [0.05, 0.1) is 23.5 Å². The zero-order chi connectivity index (χ0) is 30.4. The highest BCUT2D eigenvalue weighted by atomic mass is 32.2. The number of aromatic nitrogens is 5. The molecule has 43 heavy (non-hydrogen) atoms. The molecule has 0 aliphatic carbocycles. The minimum Gasteiger partial charge on any atom is -0.486 e. The lowest BCUT2D eigenvalue weighted by Gasteiger charge is -2.11. The van der Waals surface area contributed by atoms with Crippen LogP contribution < -0.4 is 14.8 Å². The number of nitrogens with zero attached hydrogens (tertiary/aromatic N) is 5. The molecule has 0 saturated carbocycles. The van der Waals surface area contributed by atoms with Gasteiger partial charge in [-0.25, -0.2) is 18.4 Å². The predicted octanol–water partition coefficient (Wildman–Crippen LogP) is 4.75. The van der Waals surface area contributed by atoms with Crippen molar-refractivity contribution in [3.63, 3.8) is 0 Å². The van der Waals surface area contributed by atoms with Gasteiger partial charge in [-0.2, -0.15) is 0 Å². The first-order chi connectivity index (χ1) is 20.6. The van der Waals surface area contributed by atoms with Crippen LogP contribution in [0.5, 0.6) is 5.75 Å². The maximum absolute atomic E-state index is 12.8. The van der Waals surface area contributed by atoms with E-state index in [1.807, 2.05) is 41.8 Å². The van der Waals surface area contributed by atoms with Gasteiger partial charge in [-0.15, -0.1) is 10.2 Å². The average Bonchev–Trinajstić information content (AvgIpc) is 3.61. The van der Waals surface area contributed by atoms with Crippen molar-refractivity contribution in [2.75, 3.05) is 15.8 Å². The predicted molar refractivity (Wildman–Crippen MR) is 161 cm³/mol. The van der Waals surface area contributed by atoms with Crippen LogP contribution in [-0.4, -0.2) is 44.8 Å². The Labute approximate surface area is 253 Å². The number of carbonyl (C=O) groups excluding carboxylic acids is 1. The second kappa shape index (κ2) is 13.1. The van der Waals surface area contributed by atoms with Crippen molar-refractivity contribution in [1.82, 2.24) is 24.7 Å². The summed E-state index contributed by atoms with van der Waals surface area (Å²) in [6.07, 6.45) is 1.59. The summed E-state index contributed by atoms with van der Waals surface area (Å²) >= 11 is 1.21. The second-order valence-electron chi connectivity index (χ2n) is 9.57. The van der Waals surface area contributed by atoms with Crippen LogP contribution >= 0.6 is 11.8 Å². The average molecular weight is 620 g/mol. The van der Waals surface area contributed by atoms with Crippen LogP contribution in [0.4, 0.5) is 11.5 Å². The van der Waals surface area contributed by atoms with E-state index in [0.29, 0.717) is 46.2 Å². The molecule has 5 rings (SSSR count). The number of nitrogens with one attached hydrogen (secondary N) is 2. The van der Waals surface area contributed by atoms with Crippen LogP contribution in [0.1, 0.15) is 28.7 Å². The van der Waals surface area contributed by atoms with Crippen LogP contribution in [0.2, 0.25) is 0 Å². The lowest BCUT2D eigenvalue weighted by molar-refractivity contribution is -0.113. The fourth-order valence-corrected chi connectivity index (χ4v) is 5.79. The monoisotopic (exact) mass is 619 g/mol. The number of hydrogen-bond donors (Lipinski definition) is 2. The molecule has 0 fully saturated rings. The Kier molecular flexibility index (Phi) is 9.07. The molecule has 0 atom stereocenters. The minimum atomic E-state index is -3.88. The SMILES string of the molecule is Cc1ccc(OCc2nnc(SCC(=O)Nc3ccc(S(=O)(=O)Nc4cc(C)nc(C)n4)cc3)n2Cc2ccco2)cc1. The number of rotatable bonds is 12. The molecule has 5 aromatic rings. The summed E-state index contributed by atoms with van der Waals surface area (Å²) in [7, 11) is -3.88. The van der Waals surface area contributed by atoms with Crippen LogP contribution in [0.15, 0.2) is 87.5 Å². The first-order valence-corrected chi connectivity index (χ1v) is 15.6. The number of carbonyl (C=O) groups is 1. The van der Waals surface area contributed by atoms with Crippen molar-refractivity contribution in [3.8, 4) is 5.75 Å². The maximum atomic E-state index is 12.8. The van der Waals surface area contributed by atoms with E-state index in [9.17, 15) is 13.2 Å². The van der Waals surface area contributed by atoms with Crippen molar-refractivity contribution >= 4 is 39.2 Å². The van der Waals surface area contributed by atoms with E-state index in [1.165, 1.54) is 36.0 Å². The quantitative estimate of drug-likeness (QED) is 0.187. The molecule has 0 radical (unpaired) electrons. The van der Waals surface area contributed by atoms with Gasteiger partial charge in [-0.05, 0) is 69.3 Å². The molecule has 3 heterocycles. The van der Waals surface area contributed by atoms with E-state index >= 15 is 0 Å². The molecule has 12 nitrogen and oxygen atoms in total. The molecule has 14 heteroatoms. The van der Waals surface area contributed by atoms with Gasteiger partial charge in [0.1, 0.15) is 29.8 Å². The number of benzene rings is 2. The van der Waals surface area contributed by atoms with E-state index in [-0.39, 0.29) is 29.0 Å². The van der Waals surface area contributed by atoms with Gasteiger partial charge in [-0.3, -0.25) is 14.1 Å². The standard InChI is InChI=1S/C29H29N7O5S2/c1-19-6-10-23(11-7-19)41-17-27-33-34-29(36(27)16-24-5-4-14-40-24)42-18-28(37)32-22-8-12-25(13-9-22)43(38,39)35-26-15-20(2)30-21(3)31-26/h4-15H,16-18H2,1-3H3,(H,32,37)(H,30,31,35). The van der Waals surface area contributed by atoms with Crippen molar-refractivity contribution in [1.29, 1.82) is 0 Å². The highest BCUT2D eigenvalue weighted by molar-refractivity contribution is 7.99. The largest absolute Gasteiger partial charge is 0.486 e. The highest BCUT2D eigenvalue weighted by Crippen LogP contribution is 2.22. The van der Waals surface area contributed by atoms with Crippen LogP contribution in [0.3, 0.4) is 0 Å². The fourth-order valence-electron chi connectivity index (χ4n) is 4.04. The minimum absolute atomic E-state index is 0.0280. The summed E-state index contributed by atoms with van der Waals surface area (Å²) in [4.78, 5) is 21.1. The molecule has 3 aromatic heterocycles. The van der Waals surface area contributed by atoms with E-state index in [4.69, 9.17) is 9.15 Å². The Morgan fingerprint density at radius 2 is 1.77 bits per heavy atom. The first-order valence-electron chi connectivity index (χ1n) is 13.2. The molecule has 0 bridgehead atoms. The van der Waals surface area contributed by atoms with Gasteiger partial charge >= 0.3 is 0 Å². The topological polar surface area (TPSA) is 154 Å². The van der Waals surface area contributed by atoms with Crippen molar-refractivity contribution in [2.24, 2.45) is 0 Å². The molecule has 2 aromatic carbocycles. The van der Waals surface area contributed by atoms with Gasteiger partial charge in [0.25, 0.3) is 10.0 Å². The van der Waals surface area contributed by atoms with Gasteiger partial charge in [-0.1, -0.05) is 29.5 Å². The van der Waals surface area contributed by atoms with E-state index in [2.05, 4.69) is 30.2 Å². The molecule has 0 aliphatic rings. The lowest BCUT2D eigenvalue weighted by Crippen LogP contribution is -2.16. The highest BCUT2D eigenvalue weighted by Gasteiger charge is 2.18. The van der Waals surface area contributed by atoms with Gasteiger partial charge in [0.15, 0.2) is 11.0 Å². The summed E-state index contributed by atoms with van der Waals surface area (Å²) < 4.78 is 41.3. The molecular weight excluding hydrogens is 590 g/mol. The van der Waals surface area contributed by atoms with Crippen molar-refractivity contribution in [2.45, 2.75) is 44.0 Å². The zero-order valence-corrected chi connectivity index (χ0v) is 25.3. The number of amides is 1. The third-order valence-electron chi connectivity index (χ3n) is 6.06. The maximum Gasteiger partial charge on any atom is 0.263 e. The molecule has 0 aliphatic heterocycles. The summed E-state index contributed by atoms with van der Waals surface area (Å²) in [6, 6.07) is 18.8. The summed E-state index contributed by atoms with van der Waals surface area (Å²) in [5.41, 5.74) is 2.22. The normalized spacial score (nSPS) is 11.3. The van der Waals surface area contributed by atoms with Crippen LogP contribution in [0, 0.1) is 20.8 Å². The van der Waals surface area contributed by atoms with E-state index in [1.54, 1.807) is 32.2 Å². The van der Waals surface area contributed by atoms with Gasteiger partial charge < -0.3 is 14.5 Å². The lowest BCUT2D eigenvalue weighted by atomic mass is 10.2. The van der Waals surface area contributed by atoms with Gasteiger partial charge in [0.2, 0.25) is 5.91 Å². The third-order valence-corrected chi connectivity index (χ3v) is 8.40. The Hall–Kier alpha value is -4.69. The van der Waals surface area contributed by atoms with Crippen molar-refractivity contribution < 1.29 is 22.4 Å². The van der Waals surface area contributed by atoms with Crippen LogP contribution in [-0.2, 0) is 28.0 Å². The fraction of sp³-hybridized carbons (Fsp3) is 0.207. The molecule has 0 spiro atoms. The van der Waals surface area contributed by atoms with Gasteiger partial charge in [0, 0.05) is 17.4 Å². The molecule has 222 valence electrons. The van der Waals surface area contributed by atoms with E-state index < -0.39 is 10.0 Å². The molecule has 0 unspecified atom stereocenters. The third kappa shape index (κ3) is 7.99. The van der Waals surface area contributed by atoms with E-state index in [0.717, 1.165) is 5.56 Å². The number of ether oxygens (including phenoxy) is 1. The number of anilines is 2. The summed E-state index contributed by atoms with van der Waals surface area (Å²) in [5.74, 6) is 2.39. The zero-order valence-electron chi connectivity index (χ0n) is 23.6. The Morgan fingerprint density at radius 1 is 1.00 bits per heavy atom. The number of furan rings is 1. The number of sulfonamides is 1. The van der Waals surface area contributed by atoms with Crippen LogP contribution in [0.25, 0.3) is 0 Å². The molecular formula is C29H29N7O5S2. The summed E-state index contributed by atoms with van der Waals surface area (Å²) in [6.45, 7) is 6.00. The molecule has 1 amide bonds. The second-order valence-corrected chi connectivity index (χ2v) is 12.2. The summed E-state index contributed by atoms with van der Waals surface area (Å²) in [5, 5.41) is 11.9. The number of aryl methyl sites for hydroxylation is 3. The molecule has 0 saturated heterocycles. The van der Waals surface area contributed by atoms with Crippen molar-refractivity contribution in [3.05, 3.63) is 102 Å². The molecule has 2 N–H and O–H groups in total. The Bertz CT molecular complexity index is 1790. The smallest absolute Gasteiger partial charge is 0.263 e. The Balaban J connectivity index is 1.21. The Morgan fingerprint density at radius 3 is 2.47 bits per heavy atom. The number of thioether (sulfide) groups is 1. The number of hydrogen-bond acceptors (Lipinski definition) is 10.